The van der Waals surface area contributed by atoms with Crippen LogP contribution in [0.2, 0.25) is 5.02 Å². The molecule has 0 bridgehead atoms. The van der Waals surface area contributed by atoms with Crippen LogP contribution in [0, 0.1) is 0 Å². The Balaban J connectivity index is 2.04. The van der Waals surface area contributed by atoms with Crippen molar-refractivity contribution in [1.82, 2.24) is 5.32 Å². The molecular weight excluding hydrogens is 294 g/mol. The molecule has 2 atom stereocenters. The first kappa shape index (κ1) is 15.6. The number of amides is 2. The summed E-state index contributed by atoms with van der Waals surface area (Å²) in [4.78, 5) is 23.1. The van der Waals surface area contributed by atoms with Gasteiger partial charge in [0.05, 0.1) is 11.3 Å². The average Bonchev–Trinajstić information content (AvgIpc) is 2.43. The predicted molar refractivity (Wildman–Crippen MR) is 80.8 cm³/mol. The summed E-state index contributed by atoms with van der Waals surface area (Å²) in [5.74, 6) is -1.15. The molecule has 1 aromatic rings. The second kappa shape index (κ2) is 6.78. The molecule has 0 spiro atoms. The van der Waals surface area contributed by atoms with Gasteiger partial charge >= 0.3 is 12.0 Å². The quantitative estimate of drug-likeness (QED) is 0.688. The topological polar surface area (TPSA) is 104 Å². The monoisotopic (exact) mass is 311 g/mol. The molecule has 21 heavy (non-hydrogen) atoms. The van der Waals surface area contributed by atoms with Gasteiger partial charge in [0.15, 0.2) is 0 Å². The van der Waals surface area contributed by atoms with Crippen LogP contribution >= 0.6 is 11.6 Å². The minimum Gasteiger partial charge on any atom is -0.478 e. The van der Waals surface area contributed by atoms with E-state index in [1.54, 1.807) is 0 Å². The van der Waals surface area contributed by atoms with Crippen LogP contribution in [-0.4, -0.2) is 29.2 Å². The normalized spacial score (nSPS) is 21.6. The van der Waals surface area contributed by atoms with Crippen molar-refractivity contribution in [2.75, 3.05) is 5.32 Å². The van der Waals surface area contributed by atoms with E-state index in [2.05, 4.69) is 10.6 Å². The minimum atomic E-state index is -1.15. The molecule has 2 amide bonds. The molecule has 0 saturated heterocycles. The maximum absolute atomic E-state index is 12.0. The smallest absolute Gasteiger partial charge is 0.337 e. The highest BCUT2D eigenvalue weighted by Crippen LogP contribution is 2.21. The maximum atomic E-state index is 12.0. The zero-order chi connectivity index (χ0) is 15.4. The molecule has 114 valence electrons. The molecule has 2 rings (SSSR count). The Labute approximate surface area is 127 Å². The largest absolute Gasteiger partial charge is 0.478 e. The van der Waals surface area contributed by atoms with E-state index >= 15 is 0 Å². The van der Waals surface area contributed by atoms with E-state index in [0.29, 0.717) is 5.02 Å². The third-order valence-corrected chi connectivity index (χ3v) is 3.83. The maximum Gasteiger partial charge on any atom is 0.337 e. The van der Waals surface area contributed by atoms with Gasteiger partial charge in [-0.15, -0.1) is 0 Å². The summed E-state index contributed by atoms with van der Waals surface area (Å²) in [5.41, 5.74) is 6.12. The lowest BCUT2D eigenvalue weighted by Gasteiger charge is -2.29. The number of aromatic carboxylic acids is 1. The van der Waals surface area contributed by atoms with Gasteiger partial charge in [0.1, 0.15) is 0 Å². The molecule has 6 nitrogen and oxygen atoms in total. The molecule has 1 saturated carbocycles. The van der Waals surface area contributed by atoms with Gasteiger partial charge in [-0.3, -0.25) is 0 Å². The summed E-state index contributed by atoms with van der Waals surface area (Å²) in [6.07, 6.45) is 3.81. The molecule has 1 aliphatic rings. The number of carbonyl (C=O) groups excluding carboxylic acids is 1. The molecule has 2 unspecified atom stereocenters. The summed E-state index contributed by atoms with van der Waals surface area (Å²) < 4.78 is 0. The molecule has 0 radical (unpaired) electrons. The highest BCUT2D eigenvalue weighted by Gasteiger charge is 2.23. The van der Waals surface area contributed by atoms with E-state index in [9.17, 15) is 9.59 Å². The number of benzene rings is 1. The predicted octanol–water partition coefficient (Wildman–Crippen LogP) is 2.43. The van der Waals surface area contributed by atoms with Crippen molar-refractivity contribution in [3.05, 3.63) is 28.8 Å². The van der Waals surface area contributed by atoms with Crippen LogP contribution in [0.4, 0.5) is 10.5 Å². The Morgan fingerprint density at radius 2 is 2.00 bits per heavy atom. The highest BCUT2D eigenvalue weighted by atomic mass is 35.5. The van der Waals surface area contributed by atoms with E-state index in [1.807, 2.05) is 0 Å². The first-order chi connectivity index (χ1) is 9.97. The number of urea groups is 1. The van der Waals surface area contributed by atoms with Gasteiger partial charge in [-0.1, -0.05) is 24.4 Å². The molecule has 1 aromatic carbocycles. The van der Waals surface area contributed by atoms with E-state index in [4.69, 9.17) is 22.4 Å². The molecule has 5 N–H and O–H groups in total. The number of nitrogens with one attached hydrogen (secondary N) is 2. The SMILES string of the molecule is NC1CCCCC1NC(=O)Nc1ccc(Cl)cc1C(=O)O. The van der Waals surface area contributed by atoms with Gasteiger partial charge in [-0.2, -0.15) is 0 Å². The second-order valence-corrected chi connectivity index (χ2v) is 5.58. The highest BCUT2D eigenvalue weighted by molar-refractivity contribution is 6.31. The molecule has 0 aromatic heterocycles. The Bertz CT molecular complexity index is 550. The van der Waals surface area contributed by atoms with Gasteiger partial charge in [-0.25, -0.2) is 9.59 Å². The third-order valence-electron chi connectivity index (χ3n) is 3.60. The Kier molecular flexibility index (Phi) is 5.03. The number of carboxylic acid groups (broad SMARTS) is 1. The van der Waals surface area contributed by atoms with Gasteiger partial charge in [-0.05, 0) is 31.0 Å². The van der Waals surface area contributed by atoms with Crippen molar-refractivity contribution < 1.29 is 14.7 Å². The van der Waals surface area contributed by atoms with E-state index < -0.39 is 12.0 Å². The summed E-state index contributed by atoms with van der Waals surface area (Å²) in [7, 11) is 0. The van der Waals surface area contributed by atoms with Crippen LogP contribution < -0.4 is 16.4 Å². The molecule has 1 aliphatic carbocycles. The fourth-order valence-corrected chi connectivity index (χ4v) is 2.64. The number of carbonyl (C=O) groups is 2. The fraction of sp³-hybridized carbons (Fsp3) is 0.429. The number of anilines is 1. The molecule has 7 heteroatoms. The van der Waals surface area contributed by atoms with Gasteiger partial charge in [0, 0.05) is 17.1 Å². The zero-order valence-corrected chi connectivity index (χ0v) is 12.2. The Morgan fingerprint density at radius 3 is 2.67 bits per heavy atom. The summed E-state index contributed by atoms with van der Waals surface area (Å²) >= 11 is 5.76. The number of rotatable bonds is 3. The first-order valence-electron chi connectivity index (χ1n) is 6.83. The fourth-order valence-electron chi connectivity index (χ4n) is 2.47. The summed E-state index contributed by atoms with van der Waals surface area (Å²) in [5, 5.41) is 14.8. The Hall–Kier alpha value is -1.79. The lowest BCUT2D eigenvalue weighted by Crippen LogP contribution is -2.50. The van der Waals surface area contributed by atoms with E-state index in [1.165, 1.54) is 18.2 Å². The first-order valence-corrected chi connectivity index (χ1v) is 7.21. The van der Waals surface area contributed by atoms with Crippen molar-refractivity contribution in [2.24, 2.45) is 5.73 Å². The van der Waals surface area contributed by atoms with Crippen LogP contribution in [0.5, 0.6) is 0 Å². The van der Waals surface area contributed by atoms with Gasteiger partial charge in [0.2, 0.25) is 0 Å². The molecule has 0 aliphatic heterocycles. The van der Waals surface area contributed by atoms with Crippen molar-refractivity contribution in [3.8, 4) is 0 Å². The van der Waals surface area contributed by atoms with Gasteiger partial charge < -0.3 is 21.5 Å². The van der Waals surface area contributed by atoms with Crippen LogP contribution in [0.25, 0.3) is 0 Å². The Morgan fingerprint density at radius 1 is 1.29 bits per heavy atom. The number of nitrogens with two attached hydrogens (primary N) is 1. The van der Waals surface area contributed by atoms with Crippen LogP contribution in [0.1, 0.15) is 36.0 Å². The van der Waals surface area contributed by atoms with Crippen molar-refractivity contribution in [2.45, 2.75) is 37.8 Å². The number of hydrogen-bond acceptors (Lipinski definition) is 3. The van der Waals surface area contributed by atoms with E-state index in [-0.39, 0.29) is 23.3 Å². The molecule has 1 fully saturated rings. The average molecular weight is 312 g/mol. The zero-order valence-electron chi connectivity index (χ0n) is 11.4. The summed E-state index contributed by atoms with van der Waals surface area (Å²) in [6, 6.07) is 3.68. The minimum absolute atomic E-state index is 0.0504. The number of halogens is 1. The van der Waals surface area contributed by atoms with E-state index in [0.717, 1.165) is 25.7 Å². The lowest BCUT2D eigenvalue weighted by atomic mass is 9.91. The number of hydrogen-bond donors (Lipinski definition) is 4. The summed E-state index contributed by atoms with van der Waals surface area (Å²) in [6.45, 7) is 0. The van der Waals surface area contributed by atoms with Crippen molar-refractivity contribution in [3.63, 3.8) is 0 Å². The third kappa shape index (κ3) is 4.09. The second-order valence-electron chi connectivity index (χ2n) is 5.15. The lowest BCUT2D eigenvalue weighted by molar-refractivity contribution is 0.0698. The van der Waals surface area contributed by atoms with Gasteiger partial charge in [0.25, 0.3) is 0 Å². The molecule has 0 heterocycles. The van der Waals surface area contributed by atoms with Crippen molar-refractivity contribution >= 4 is 29.3 Å². The molecular formula is C14H18ClN3O3. The van der Waals surface area contributed by atoms with Crippen molar-refractivity contribution in [1.29, 1.82) is 0 Å². The van der Waals surface area contributed by atoms with Crippen LogP contribution in [0.15, 0.2) is 18.2 Å². The van der Waals surface area contributed by atoms with Crippen LogP contribution in [0.3, 0.4) is 0 Å². The standard InChI is InChI=1S/C14H18ClN3O3/c15-8-5-6-11(9(7-8)13(19)20)17-14(21)18-12-4-2-1-3-10(12)16/h5-7,10,12H,1-4,16H2,(H,19,20)(H2,17,18,21). The number of carboxylic acids is 1. The van der Waals surface area contributed by atoms with Crippen LogP contribution in [-0.2, 0) is 0 Å².